The smallest absolute Gasteiger partial charge is 0.259 e. The highest BCUT2D eigenvalue weighted by molar-refractivity contribution is 6.31. The van der Waals surface area contributed by atoms with E-state index in [-0.39, 0.29) is 11.8 Å². The van der Waals surface area contributed by atoms with Gasteiger partial charge in [0, 0.05) is 36.5 Å². The van der Waals surface area contributed by atoms with Gasteiger partial charge in [-0.1, -0.05) is 30.7 Å². The van der Waals surface area contributed by atoms with Crippen LogP contribution >= 0.6 is 11.6 Å². The van der Waals surface area contributed by atoms with Crippen LogP contribution in [0.1, 0.15) is 40.2 Å². The van der Waals surface area contributed by atoms with Crippen molar-refractivity contribution < 1.29 is 4.79 Å². The molecule has 1 aromatic carbocycles. The zero-order chi connectivity index (χ0) is 18.3. The van der Waals surface area contributed by atoms with E-state index in [0.29, 0.717) is 17.3 Å². The molecule has 1 aliphatic heterocycles. The molecule has 0 fully saturated rings. The number of rotatable bonds is 4. The molecule has 3 aromatic rings. The molecule has 6 nitrogen and oxygen atoms in total. The maximum Gasteiger partial charge on any atom is 0.259 e. The van der Waals surface area contributed by atoms with Crippen molar-refractivity contribution in [3.8, 4) is 0 Å². The van der Waals surface area contributed by atoms with Crippen molar-refractivity contribution in [3.63, 3.8) is 0 Å². The van der Waals surface area contributed by atoms with Crippen molar-refractivity contribution in [1.29, 1.82) is 0 Å². The van der Waals surface area contributed by atoms with Crippen molar-refractivity contribution in [1.82, 2.24) is 19.7 Å². The third-order valence-corrected chi connectivity index (χ3v) is 5.17. The number of benzene rings is 1. The number of hydrogen-bond donors (Lipinski definition) is 0. The first-order valence-corrected chi connectivity index (χ1v) is 8.80. The first-order valence-electron chi connectivity index (χ1n) is 8.42. The Hall–Kier alpha value is -2.73. The molecule has 1 amide bonds. The maximum absolute atomic E-state index is 12.7. The van der Waals surface area contributed by atoms with Gasteiger partial charge in [0.25, 0.3) is 5.91 Å². The van der Waals surface area contributed by atoms with Crippen molar-refractivity contribution in [2.45, 2.75) is 25.8 Å². The van der Waals surface area contributed by atoms with Gasteiger partial charge in [0.1, 0.15) is 17.3 Å². The Balaban J connectivity index is 1.60. The SMILES string of the molecule is C[C@@H](Cc1nncn1C)c1cccc(N2Cc3c(ccnc3Cl)C2=O)c1. The molecule has 4 rings (SSSR count). The van der Waals surface area contributed by atoms with Gasteiger partial charge in [-0.3, -0.25) is 4.79 Å². The van der Waals surface area contributed by atoms with Crippen LogP contribution in [0.3, 0.4) is 0 Å². The molecule has 0 bridgehead atoms. The second-order valence-electron chi connectivity index (χ2n) is 6.58. The maximum atomic E-state index is 12.7. The van der Waals surface area contributed by atoms with E-state index in [1.807, 2.05) is 23.7 Å². The Kier molecular flexibility index (Phi) is 4.20. The number of hydrogen-bond acceptors (Lipinski definition) is 4. The molecule has 0 radical (unpaired) electrons. The number of aromatic nitrogens is 4. The van der Waals surface area contributed by atoms with Gasteiger partial charge in [-0.2, -0.15) is 0 Å². The number of halogens is 1. The van der Waals surface area contributed by atoms with Crippen molar-refractivity contribution in [2.75, 3.05) is 4.90 Å². The highest BCUT2D eigenvalue weighted by atomic mass is 35.5. The average molecular weight is 368 g/mol. The minimum Gasteiger partial charge on any atom is -0.321 e. The fourth-order valence-corrected chi connectivity index (χ4v) is 3.50. The van der Waals surface area contributed by atoms with E-state index in [1.165, 1.54) is 0 Å². The third kappa shape index (κ3) is 2.86. The van der Waals surface area contributed by atoms with Crippen LogP contribution in [0, 0.1) is 0 Å². The fourth-order valence-electron chi connectivity index (χ4n) is 3.28. The Labute approximate surface area is 156 Å². The van der Waals surface area contributed by atoms with Crippen LogP contribution in [0.4, 0.5) is 5.69 Å². The molecule has 2 aromatic heterocycles. The van der Waals surface area contributed by atoms with E-state index in [4.69, 9.17) is 11.6 Å². The Bertz CT molecular complexity index is 984. The van der Waals surface area contributed by atoms with Gasteiger partial charge >= 0.3 is 0 Å². The zero-order valence-electron chi connectivity index (χ0n) is 14.6. The molecule has 0 spiro atoms. The molecular formula is C19H18ClN5O. The lowest BCUT2D eigenvalue weighted by Crippen LogP contribution is -2.23. The quantitative estimate of drug-likeness (QED) is 0.663. The molecule has 3 heterocycles. The summed E-state index contributed by atoms with van der Waals surface area (Å²) in [5.74, 6) is 1.15. The topological polar surface area (TPSA) is 63.9 Å². The van der Waals surface area contributed by atoms with E-state index in [1.54, 1.807) is 23.5 Å². The van der Waals surface area contributed by atoms with Gasteiger partial charge in [-0.15, -0.1) is 10.2 Å². The predicted octanol–water partition coefficient (Wildman–Crippen LogP) is 3.37. The number of amides is 1. The third-order valence-electron chi connectivity index (χ3n) is 4.84. The summed E-state index contributed by atoms with van der Waals surface area (Å²) >= 11 is 6.16. The van der Waals surface area contributed by atoms with E-state index >= 15 is 0 Å². The average Bonchev–Trinajstić information content (AvgIpc) is 3.20. The summed E-state index contributed by atoms with van der Waals surface area (Å²) < 4.78 is 1.93. The highest BCUT2D eigenvalue weighted by Crippen LogP contribution is 2.33. The standard InChI is InChI=1S/C19H18ClN5O/c1-12(8-17-23-22-11-24(17)2)13-4-3-5-14(9-13)25-10-16-15(19(25)26)6-7-21-18(16)20/h3-7,9,11-12H,8,10H2,1-2H3/t12-/m0/s1. The summed E-state index contributed by atoms with van der Waals surface area (Å²) in [4.78, 5) is 18.6. The second-order valence-corrected chi connectivity index (χ2v) is 6.94. The number of anilines is 1. The van der Waals surface area contributed by atoms with Crippen molar-refractivity contribution >= 4 is 23.2 Å². The summed E-state index contributed by atoms with van der Waals surface area (Å²) in [6, 6.07) is 9.79. The van der Waals surface area contributed by atoms with E-state index in [2.05, 4.69) is 34.2 Å². The number of carbonyl (C=O) groups is 1. The molecule has 1 aliphatic rings. The minimum absolute atomic E-state index is 0.0394. The van der Waals surface area contributed by atoms with Crippen LogP contribution in [0.5, 0.6) is 0 Å². The van der Waals surface area contributed by atoms with Crippen LogP contribution in [0.2, 0.25) is 5.15 Å². The minimum atomic E-state index is -0.0394. The molecule has 0 aliphatic carbocycles. The Morgan fingerprint density at radius 2 is 2.15 bits per heavy atom. The predicted molar refractivity (Wildman–Crippen MR) is 99.3 cm³/mol. The summed E-state index contributed by atoms with van der Waals surface area (Å²) in [5, 5.41) is 8.48. The Morgan fingerprint density at radius 3 is 2.88 bits per heavy atom. The van der Waals surface area contributed by atoms with E-state index in [9.17, 15) is 4.79 Å². The monoisotopic (exact) mass is 367 g/mol. The summed E-state index contributed by atoms with van der Waals surface area (Å²) in [7, 11) is 1.94. The molecule has 132 valence electrons. The normalized spacial score (nSPS) is 14.6. The van der Waals surface area contributed by atoms with E-state index < -0.39 is 0 Å². The van der Waals surface area contributed by atoms with Crippen LogP contribution in [0.25, 0.3) is 0 Å². The van der Waals surface area contributed by atoms with Crippen molar-refractivity contribution in [2.24, 2.45) is 7.05 Å². The highest BCUT2D eigenvalue weighted by Gasteiger charge is 2.30. The molecular weight excluding hydrogens is 350 g/mol. The largest absolute Gasteiger partial charge is 0.321 e. The first-order chi connectivity index (χ1) is 12.5. The van der Waals surface area contributed by atoms with Gasteiger partial charge in [0.05, 0.1) is 6.54 Å². The van der Waals surface area contributed by atoms with Crippen LogP contribution < -0.4 is 4.90 Å². The lowest BCUT2D eigenvalue weighted by Gasteiger charge is -2.19. The van der Waals surface area contributed by atoms with Gasteiger partial charge in [0.2, 0.25) is 0 Å². The van der Waals surface area contributed by atoms with Gasteiger partial charge in [0.15, 0.2) is 0 Å². The molecule has 1 atom stereocenters. The fraction of sp³-hybridized carbons (Fsp3) is 0.263. The van der Waals surface area contributed by atoms with Crippen LogP contribution in [-0.2, 0) is 20.0 Å². The number of carbonyl (C=O) groups excluding carboxylic acids is 1. The lowest BCUT2D eigenvalue weighted by atomic mass is 9.97. The van der Waals surface area contributed by atoms with Gasteiger partial charge in [-0.25, -0.2) is 4.98 Å². The zero-order valence-corrected chi connectivity index (χ0v) is 15.3. The lowest BCUT2D eigenvalue weighted by molar-refractivity contribution is 0.0996. The molecule has 0 saturated carbocycles. The van der Waals surface area contributed by atoms with Crippen LogP contribution in [0.15, 0.2) is 42.9 Å². The summed E-state index contributed by atoms with van der Waals surface area (Å²) in [6.07, 6.45) is 4.06. The molecule has 0 unspecified atom stereocenters. The first kappa shape index (κ1) is 16.7. The van der Waals surface area contributed by atoms with Crippen molar-refractivity contribution in [3.05, 3.63) is 70.5 Å². The van der Waals surface area contributed by atoms with Gasteiger partial charge < -0.3 is 9.47 Å². The van der Waals surface area contributed by atoms with Crippen LogP contribution in [-0.4, -0.2) is 25.7 Å². The number of fused-ring (bicyclic) bond motifs is 1. The Morgan fingerprint density at radius 1 is 1.31 bits per heavy atom. The summed E-state index contributed by atoms with van der Waals surface area (Å²) in [6.45, 7) is 2.59. The summed E-state index contributed by atoms with van der Waals surface area (Å²) in [5.41, 5.74) is 3.43. The van der Waals surface area contributed by atoms with E-state index in [0.717, 1.165) is 29.1 Å². The second kappa shape index (κ2) is 6.53. The molecule has 0 N–H and O–H groups in total. The molecule has 0 saturated heterocycles. The number of pyridine rings is 1. The number of aryl methyl sites for hydroxylation is 1. The molecule has 26 heavy (non-hydrogen) atoms. The van der Waals surface area contributed by atoms with Gasteiger partial charge in [-0.05, 0) is 29.7 Å². The number of nitrogens with zero attached hydrogens (tertiary/aromatic N) is 5. The molecule has 7 heteroatoms.